The molecular weight excluding hydrogens is 328 g/mol. The summed E-state index contributed by atoms with van der Waals surface area (Å²) in [6.45, 7) is 3.18. The topological polar surface area (TPSA) is 95.3 Å². The summed E-state index contributed by atoms with van der Waals surface area (Å²) in [7, 11) is 0. The van der Waals surface area contributed by atoms with Crippen LogP contribution in [0.25, 0.3) is 10.2 Å². The van der Waals surface area contributed by atoms with Crippen molar-refractivity contribution in [2.45, 2.75) is 0 Å². The van der Waals surface area contributed by atoms with Crippen LogP contribution in [-0.4, -0.2) is 57.2 Å². The molecule has 0 spiro atoms. The van der Waals surface area contributed by atoms with Gasteiger partial charge in [-0.1, -0.05) is 0 Å². The number of piperazine rings is 1. The zero-order valence-corrected chi connectivity index (χ0v) is 13.5. The van der Waals surface area contributed by atoms with Crippen molar-refractivity contribution in [3.63, 3.8) is 0 Å². The maximum Gasteiger partial charge on any atom is 0.356 e. The molecule has 0 bridgehead atoms. The van der Waals surface area contributed by atoms with Gasteiger partial charge in [-0.3, -0.25) is 0 Å². The number of nitrogens with zero attached hydrogens (tertiary/aromatic N) is 6. The van der Waals surface area contributed by atoms with E-state index >= 15 is 0 Å². The zero-order chi connectivity index (χ0) is 16.5. The van der Waals surface area contributed by atoms with Crippen LogP contribution in [0, 0.1) is 0 Å². The lowest BCUT2D eigenvalue weighted by Crippen LogP contribution is -2.47. The Kier molecular flexibility index (Phi) is 3.69. The minimum absolute atomic E-state index is 0.0431. The third-order valence-electron chi connectivity index (χ3n) is 3.98. The first kappa shape index (κ1) is 14.8. The largest absolute Gasteiger partial charge is 0.476 e. The summed E-state index contributed by atoms with van der Waals surface area (Å²) in [5.41, 5.74) is 0.931. The van der Waals surface area contributed by atoms with Crippen LogP contribution in [0.1, 0.15) is 10.5 Å². The van der Waals surface area contributed by atoms with Crippen molar-refractivity contribution in [2.24, 2.45) is 0 Å². The molecule has 0 amide bonds. The lowest BCUT2D eigenvalue weighted by atomic mass is 10.3. The van der Waals surface area contributed by atoms with Crippen molar-refractivity contribution in [3.05, 3.63) is 35.9 Å². The highest BCUT2D eigenvalue weighted by molar-refractivity contribution is 7.17. The van der Waals surface area contributed by atoms with Crippen LogP contribution in [0.4, 0.5) is 11.6 Å². The Labute approximate surface area is 141 Å². The maximum atomic E-state index is 10.8. The van der Waals surface area contributed by atoms with E-state index in [2.05, 4.69) is 29.7 Å². The average Bonchev–Trinajstić information content (AvgIpc) is 3.11. The number of hydrogen-bond acceptors (Lipinski definition) is 8. The molecule has 1 aliphatic heterocycles. The van der Waals surface area contributed by atoms with Gasteiger partial charge in [0.2, 0.25) is 0 Å². The van der Waals surface area contributed by atoms with E-state index in [4.69, 9.17) is 5.11 Å². The van der Waals surface area contributed by atoms with E-state index in [1.54, 1.807) is 17.7 Å². The van der Waals surface area contributed by atoms with Gasteiger partial charge in [0.25, 0.3) is 0 Å². The van der Waals surface area contributed by atoms with Gasteiger partial charge in [0.05, 0.1) is 22.6 Å². The molecule has 0 radical (unpaired) electrons. The van der Waals surface area contributed by atoms with Crippen molar-refractivity contribution in [1.29, 1.82) is 0 Å². The zero-order valence-electron chi connectivity index (χ0n) is 12.7. The number of carboxylic acids is 1. The molecule has 1 aliphatic rings. The maximum absolute atomic E-state index is 10.8. The molecule has 1 saturated heterocycles. The van der Waals surface area contributed by atoms with E-state index in [0.717, 1.165) is 42.2 Å². The Morgan fingerprint density at radius 2 is 1.83 bits per heavy atom. The Morgan fingerprint density at radius 1 is 1.04 bits per heavy atom. The highest BCUT2D eigenvalue weighted by Gasteiger charge is 2.21. The predicted octanol–water partition coefficient (Wildman–Crippen LogP) is 1.51. The number of aromatic nitrogens is 4. The molecule has 0 unspecified atom stereocenters. The van der Waals surface area contributed by atoms with Gasteiger partial charge in [-0.2, -0.15) is 0 Å². The van der Waals surface area contributed by atoms with Crippen molar-refractivity contribution < 1.29 is 9.90 Å². The fraction of sp³-hybridized carbons (Fsp3) is 0.267. The van der Waals surface area contributed by atoms with E-state index in [9.17, 15) is 4.79 Å². The van der Waals surface area contributed by atoms with E-state index in [1.807, 2.05) is 11.4 Å². The second-order valence-electron chi connectivity index (χ2n) is 5.37. The van der Waals surface area contributed by atoms with Gasteiger partial charge in [0.15, 0.2) is 5.69 Å². The normalized spacial score (nSPS) is 15.0. The Morgan fingerprint density at radius 3 is 2.54 bits per heavy atom. The highest BCUT2D eigenvalue weighted by atomic mass is 32.1. The molecule has 0 aromatic carbocycles. The van der Waals surface area contributed by atoms with E-state index in [0.29, 0.717) is 5.82 Å². The molecule has 0 aliphatic carbocycles. The molecule has 3 aromatic rings. The molecule has 8 nitrogen and oxygen atoms in total. The quantitative estimate of drug-likeness (QED) is 0.765. The van der Waals surface area contributed by atoms with Crippen LogP contribution < -0.4 is 9.80 Å². The highest BCUT2D eigenvalue weighted by Crippen LogP contribution is 2.28. The lowest BCUT2D eigenvalue weighted by Gasteiger charge is -2.35. The smallest absolute Gasteiger partial charge is 0.356 e. The van der Waals surface area contributed by atoms with Gasteiger partial charge >= 0.3 is 5.97 Å². The van der Waals surface area contributed by atoms with Gasteiger partial charge in [-0.25, -0.2) is 24.7 Å². The van der Waals surface area contributed by atoms with Gasteiger partial charge in [0, 0.05) is 26.2 Å². The second kappa shape index (κ2) is 6.00. The summed E-state index contributed by atoms with van der Waals surface area (Å²) in [5.74, 6) is 0.605. The number of fused-ring (bicyclic) bond motifs is 1. The summed E-state index contributed by atoms with van der Waals surface area (Å²) in [4.78, 5) is 32.0. The number of anilines is 2. The first-order chi connectivity index (χ1) is 11.7. The van der Waals surface area contributed by atoms with E-state index in [-0.39, 0.29) is 5.69 Å². The number of thiophene rings is 1. The Bertz CT molecular complexity index is 873. The van der Waals surface area contributed by atoms with E-state index < -0.39 is 5.97 Å². The first-order valence-electron chi connectivity index (χ1n) is 7.46. The summed E-state index contributed by atoms with van der Waals surface area (Å²) < 4.78 is 1.11. The lowest BCUT2D eigenvalue weighted by molar-refractivity contribution is 0.0690. The van der Waals surface area contributed by atoms with Gasteiger partial charge in [0.1, 0.15) is 18.0 Å². The average molecular weight is 342 g/mol. The van der Waals surface area contributed by atoms with Crippen molar-refractivity contribution in [3.8, 4) is 0 Å². The molecule has 1 N–H and O–H groups in total. The first-order valence-corrected chi connectivity index (χ1v) is 8.34. The van der Waals surface area contributed by atoms with E-state index in [1.165, 1.54) is 12.4 Å². The summed E-state index contributed by atoms with van der Waals surface area (Å²) in [6.07, 6.45) is 4.41. The molecule has 9 heteroatoms. The fourth-order valence-electron chi connectivity index (χ4n) is 2.74. The molecule has 4 heterocycles. The van der Waals surface area contributed by atoms with Crippen LogP contribution in [0.3, 0.4) is 0 Å². The van der Waals surface area contributed by atoms with Gasteiger partial charge in [-0.15, -0.1) is 11.3 Å². The number of carbonyl (C=O) groups is 1. The molecule has 1 fully saturated rings. The third kappa shape index (κ3) is 2.62. The molecule has 0 saturated carbocycles. The molecule has 24 heavy (non-hydrogen) atoms. The minimum Gasteiger partial charge on any atom is -0.476 e. The Hall–Kier alpha value is -2.81. The van der Waals surface area contributed by atoms with Crippen LogP contribution in [0.2, 0.25) is 0 Å². The molecule has 3 aromatic heterocycles. The van der Waals surface area contributed by atoms with Crippen LogP contribution in [0.15, 0.2) is 30.2 Å². The van der Waals surface area contributed by atoms with Crippen molar-refractivity contribution >= 4 is 39.2 Å². The monoisotopic (exact) mass is 342 g/mol. The fourth-order valence-corrected chi connectivity index (χ4v) is 3.61. The molecule has 122 valence electrons. The third-order valence-corrected chi connectivity index (χ3v) is 4.88. The van der Waals surface area contributed by atoms with Crippen molar-refractivity contribution in [1.82, 2.24) is 19.9 Å². The predicted molar refractivity (Wildman–Crippen MR) is 90.8 cm³/mol. The Balaban J connectivity index is 1.48. The summed E-state index contributed by atoms with van der Waals surface area (Å²) in [6, 6.07) is 2.00. The number of hydrogen-bond donors (Lipinski definition) is 1. The van der Waals surface area contributed by atoms with Crippen LogP contribution >= 0.6 is 11.3 Å². The number of carboxylic acid groups (broad SMARTS) is 1. The number of rotatable bonds is 3. The number of aromatic carboxylic acids is 1. The summed E-state index contributed by atoms with van der Waals surface area (Å²) >= 11 is 1.65. The van der Waals surface area contributed by atoms with Crippen LogP contribution in [-0.2, 0) is 0 Å². The standard InChI is InChI=1S/C15H14N6O2S/c22-15(23)11-7-17-12(8-16-11)20-2-4-21(5-3-20)14-13-10(1-6-24-13)18-9-19-14/h1,6-9H,2-5H2,(H,22,23). The minimum atomic E-state index is -1.07. The summed E-state index contributed by atoms with van der Waals surface area (Å²) in [5, 5.41) is 10.9. The van der Waals surface area contributed by atoms with Gasteiger partial charge < -0.3 is 14.9 Å². The molecular formula is C15H14N6O2S. The van der Waals surface area contributed by atoms with Gasteiger partial charge in [-0.05, 0) is 11.4 Å². The second-order valence-corrected chi connectivity index (χ2v) is 6.29. The molecule has 0 atom stereocenters. The SMILES string of the molecule is O=C(O)c1cnc(N2CCN(c3ncnc4ccsc34)CC2)cn1. The van der Waals surface area contributed by atoms with Crippen LogP contribution in [0.5, 0.6) is 0 Å². The van der Waals surface area contributed by atoms with Crippen molar-refractivity contribution in [2.75, 3.05) is 36.0 Å². The molecule has 4 rings (SSSR count).